The smallest absolute Gasteiger partial charge is 0.322 e. The number of aromatic nitrogens is 2. The molecule has 1 amide bonds. The zero-order valence-corrected chi connectivity index (χ0v) is 12.3. The van der Waals surface area contributed by atoms with E-state index in [1.165, 1.54) is 0 Å². The van der Waals surface area contributed by atoms with Crippen molar-refractivity contribution in [3.05, 3.63) is 65.2 Å². The van der Waals surface area contributed by atoms with Crippen LogP contribution in [0, 0.1) is 13.8 Å². The van der Waals surface area contributed by atoms with Gasteiger partial charge in [-0.05, 0) is 37.6 Å². The van der Waals surface area contributed by atoms with Gasteiger partial charge in [0.05, 0.1) is 0 Å². The van der Waals surface area contributed by atoms with Crippen LogP contribution < -0.4 is 5.32 Å². The molecule has 1 N–H and O–H groups in total. The molecule has 1 aromatic heterocycles. The quantitative estimate of drug-likeness (QED) is 0.801. The van der Waals surface area contributed by atoms with Crippen molar-refractivity contribution in [3.8, 4) is 11.5 Å². The Kier molecular flexibility index (Phi) is 3.70. The molecule has 1 heterocycles. The molecular formula is C17H15N3O2. The number of carbonyl (C=O) groups excluding carboxylic acids is 1. The Balaban J connectivity index is 1.79. The Bertz CT molecular complexity index is 810. The first-order chi connectivity index (χ1) is 10.6. The third kappa shape index (κ3) is 2.88. The van der Waals surface area contributed by atoms with Crippen molar-refractivity contribution in [1.82, 2.24) is 10.2 Å². The predicted octanol–water partition coefficient (Wildman–Crippen LogP) is 3.61. The molecule has 110 valence electrons. The minimum atomic E-state index is -0.263. The highest BCUT2D eigenvalue weighted by atomic mass is 16.4. The van der Waals surface area contributed by atoms with Crippen LogP contribution in [0.5, 0.6) is 0 Å². The number of amides is 1. The van der Waals surface area contributed by atoms with Gasteiger partial charge in [0.1, 0.15) is 0 Å². The highest BCUT2D eigenvalue weighted by Gasteiger charge is 2.14. The number of benzene rings is 2. The number of nitrogens with one attached hydrogen (secondary N) is 1. The Morgan fingerprint density at radius 1 is 1.05 bits per heavy atom. The SMILES string of the molecule is Cc1ccc(C(=O)Nc2nnc(-c3ccccc3)o2)c(C)c1. The van der Waals surface area contributed by atoms with Crippen LogP contribution in [-0.4, -0.2) is 16.1 Å². The van der Waals surface area contributed by atoms with Crippen molar-refractivity contribution in [2.24, 2.45) is 0 Å². The van der Waals surface area contributed by atoms with Crippen LogP contribution in [0.1, 0.15) is 21.5 Å². The maximum absolute atomic E-state index is 12.3. The lowest BCUT2D eigenvalue weighted by atomic mass is 10.1. The number of nitrogens with zero attached hydrogens (tertiary/aromatic N) is 2. The van der Waals surface area contributed by atoms with Gasteiger partial charge in [-0.2, -0.15) is 0 Å². The lowest BCUT2D eigenvalue weighted by molar-refractivity contribution is 0.102. The number of rotatable bonds is 3. The van der Waals surface area contributed by atoms with Crippen LogP contribution >= 0.6 is 0 Å². The van der Waals surface area contributed by atoms with E-state index in [4.69, 9.17) is 4.42 Å². The minimum Gasteiger partial charge on any atom is -0.403 e. The average Bonchev–Trinajstić information content (AvgIpc) is 2.96. The van der Waals surface area contributed by atoms with Crippen molar-refractivity contribution < 1.29 is 9.21 Å². The van der Waals surface area contributed by atoms with Crippen molar-refractivity contribution in [1.29, 1.82) is 0 Å². The van der Waals surface area contributed by atoms with Gasteiger partial charge in [0.2, 0.25) is 5.89 Å². The molecule has 0 atom stereocenters. The van der Waals surface area contributed by atoms with Crippen LogP contribution in [0.15, 0.2) is 52.9 Å². The fourth-order valence-electron chi connectivity index (χ4n) is 2.20. The summed E-state index contributed by atoms with van der Waals surface area (Å²) in [5.41, 5.74) is 3.41. The first kappa shape index (κ1) is 14.0. The van der Waals surface area contributed by atoms with Gasteiger partial charge in [-0.25, -0.2) is 0 Å². The summed E-state index contributed by atoms with van der Waals surface area (Å²) in [6.07, 6.45) is 0. The van der Waals surface area contributed by atoms with Crippen LogP contribution in [-0.2, 0) is 0 Å². The van der Waals surface area contributed by atoms with Gasteiger partial charge >= 0.3 is 6.01 Å². The van der Waals surface area contributed by atoms with E-state index in [1.54, 1.807) is 6.07 Å². The van der Waals surface area contributed by atoms with E-state index < -0.39 is 0 Å². The number of hydrogen-bond acceptors (Lipinski definition) is 4. The Labute approximate surface area is 128 Å². The van der Waals surface area contributed by atoms with Crippen LogP contribution in [0.2, 0.25) is 0 Å². The summed E-state index contributed by atoms with van der Waals surface area (Å²) in [7, 11) is 0. The first-order valence-corrected chi connectivity index (χ1v) is 6.91. The third-order valence-corrected chi connectivity index (χ3v) is 3.29. The zero-order chi connectivity index (χ0) is 15.5. The number of carbonyl (C=O) groups is 1. The number of anilines is 1. The lowest BCUT2D eigenvalue weighted by Crippen LogP contribution is -2.13. The van der Waals surface area contributed by atoms with E-state index >= 15 is 0 Å². The van der Waals surface area contributed by atoms with Crippen molar-refractivity contribution >= 4 is 11.9 Å². The molecule has 0 saturated carbocycles. The lowest BCUT2D eigenvalue weighted by Gasteiger charge is -2.05. The maximum atomic E-state index is 12.3. The van der Waals surface area contributed by atoms with Crippen molar-refractivity contribution in [2.75, 3.05) is 5.32 Å². The van der Waals surface area contributed by atoms with E-state index in [2.05, 4.69) is 15.5 Å². The van der Waals surface area contributed by atoms with Gasteiger partial charge < -0.3 is 4.42 Å². The summed E-state index contributed by atoms with van der Waals surface area (Å²) in [5, 5.41) is 10.4. The van der Waals surface area contributed by atoms with Gasteiger partial charge in [-0.15, -0.1) is 5.10 Å². The molecule has 0 fully saturated rings. The molecule has 0 bridgehead atoms. The second-order valence-corrected chi connectivity index (χ2v) is 5.05. The summed E-state index contributed by atoms with van der Waals surface area (Å²) in [6.45, 7) is 3.88. The predicted molar refractivity (Wildman–Crippen MR) is 83.6 cm³/mol. The molecule has 0 unspecified atom stereocenters. The second kappa shape index (κ2) is 5.81. The van der Waals surface area contributed by atoms with E-state index in [-0.39, 0.29) is 11.9 Å². The Morgan fingerprint density at radius 2 is 1.82 bits per heavy atom. The molecular weight excluding hydrogens is 278 g/mol. The average molecular weight is 293 g/mol. The standard InChI is InChI=1S/C17H15N3O2/c1-11-8-9-14(12(2)10-11)15(21)18-17-20-19-16(22-17)13-6-4-3-5-7-13/h3-10H,1-2H3,(H,18,20,21). The molecule has 0 radical (unpaired) electrons. The summed E-state index contributed by atoms with van der Waals surface area (Å²) in [4.78, 5) is 12.3. The van der Waals surface area contributed by atoms with Gasteiger partial charge in [-0.3, -0.25) is 10.1 Å². The molecule has 5 nitrogen and oxygen atoms in total. The second-order valence-electron chi connectivity index (χ2n) is 5.05. The monoisotopic (exact) mass is 293 g/mol. The van der Waals surface area contributed by atoms with Crippen molar-refractivity contribution in [2.45, 2.75) is 13.8 Å². The van der Waals surface area contributed by atoms with Gasteiger partial charge in [-0.1, -0.05) is 41.0 Å². The largest absolute Gasteiger partial charge is 0.403 e. The topological polar surface area (TPSA) is 68.0 Å². The maximum Gasteiger partial charge on any atom is 0.322 e. The van der Waals surface area contributed by atoms with Crippen molar-refractivity contribution in [3.63, 3.8) is 0 Å². The zero-order valence-electron chi connectivity index (χ0n) is 12.3. The summed E-state index contributed by atoms with van der Waals surface area (Å²) < 4.78 is 5.47. The summed E-state index contributed by atoms with van der Waals surface area (Å²) in [5.74, 6) is 0.109. The normalized spacial score (nSPS) is 10.5. The Morgan fingerprint density at radius 3 is 2.55 bits per heavy atom. The highest BCUT2D eigenvalue weighted by Crippen LogP contribution is 2.20. The van der Waals surface area contributed by atoms with E-state index in [0.717, 1.165) is 16.7 Å². The number of hydrogen-bond donors (Lipinski definition) is 1. The van der Waals surface area contributed by atoms with Gasteiger partial charge in [0, 0.05) is 11.1 Å². The third-order valence-electron chi connectivity index (χ3n) is 3.29. The summed E-state index contributed by atoms with van der Waals surface area (Å²) >= 11 is 0. The van der Waals surface area contributed by atoms with Gasteiger partial charge in [0.15, 0.2) is 0 Å². The molecule has 3 rings (SSSR count). The molecule has 5 heteroatoms. The van der Waals surface area contributed by atoms with Crippen LogP contribution in [0.3, 0.4) is 0 Å². The van der Waals surface area contributed by atoms with E-state index in [0.29, 0.717) is 11.5 Å². The van der Waals surface area contributed by atoms with Gasteiger partial charge in [0.25, 0.3) is 5.91 Å². The molecule has 22 heavy (non-hydrogen) atoms. The highest BCUT2D eigenvalue weighted by molar-refractivity contribution is 6.04. The molecule has 3 aromatic rings. The summed E-state index contributed by atoms with van der Waals surface area (Å²) in [6, 6.07) is 15.1. The number of aryl methyl sites for hydroxylation is 2. The first-order valence-electron chi connectivity index (χ1n) is 6.91. The Hall–Kier alpha value is -2.95. The fourth-order valence-corrected chi connectivity index (χ4v) is 2.20. The molecule has 0 saturated heterocycles. The fraction of sp³-hybridized carbons (Fsp3) is 0.118. The molecule has 0 aliphatic heterocycles. The minimum absolute atomic E-state index is 0.0869. The van der Waals surface area contributed by atoms with E-state index in [9.17, 15) is 4.79 Å². The van der Waals surface area contributed by atoms with E-state index in [1.807, 2.05) is 56.3 Å². The molecule has 0 aliphatic carbocycles. The van der Waals surface area contributed by atoms with Crippen LogP contribution in [0.4, 0.5) is 6.01 Å². The molecule has 2 aromatic carbocycles. The molecule has 0 aliphatic rings. The van der Waals surface area contributed by atoms with Crippen LogP contribution in [0.25, 0.3) is 11.5 Å². The molecule has 0 spiro atoms.